The van der Waals surface area contributed by atoms with E-state index in [4.69, 9.17) is 4.98 Å². The Morgan fingerprint density at radius 2 is 1.18 bits per heavy atom. The molecule has 9 aromatic rings. The van der Waals surface area contributed by atoms with Gasteiger partial charge in [0.1, 0.15) is 0 Å². The first-order chi connectivity index (χ1) is 24.6. The summed E-state index contributed by atoms with van der Waals surface area (Å²) in [6.45, 7) is 4.77. The first-order valence-corrected chi connectivity index (χ1v) is 17.4. The molecule has 0 radical (unpaired) electrons. The quantitative estimate of drug-likeness (QED) is 0.188. The summed E-state index contributed by atoms with van der Waals surface area (Å²) >= 11 is 0. The molecule has 0 saturated carbocycles. The first-order valence-electron chi connectivity index (χ1n) is 17.4. The van der Waals surface area contributed by atoms with Crippen molar-refractivity contribution in [3.05, 3.63) is 181 Å². The summed E-state index contributed by atoms with van der Waals surface area (Å²) in [4.78, 5) is 5.19. The van der Waals surface area contributed by atoms with Crippen LogP contribution in [0.1, 0.15) is 25.0 Å². The maximum Gasteiger partial charge on any atom is 0.0710 e. The molecule has 2 nitrogen and oxygen atoms in total. The normalized spacial score (nSPS) is 13.2. The van der Waals surface area contributed by atoms with Crippen molar-refractivity contribution in [1.82, 2.24) is 9.55 Å². The predicted molar refractivity (Wildman–Crippen MR) is 210 cm³/mol. The average Bonchev–Trinajstić information content (AvgIpc) is 3.64. The number of aromatic nitrogens is 2. The van der Waals surface area contributed by atoms with Gasteiger partial charge in [-0.05, 0) is 85.6 Å². The molecule has 0 unspecified atom stereocenters. The topological polar surface area (TPSA) is 17.8 Å². The third-order valence-corrected chi connectivity index (χ3v) is 10.8. The summed E-state index contributed by atoms with van der Waals surface area (Å²) in [5.74, 6) is 0. The highest BCUT2D eigenvalue weighted by atomic mass is 15.0. The molecule has 0 bridgehead atoms. The lowest BCUT2D eigenvalue weighted by molar-refractivity contribution is 0.666. The summed E-state index contributed by atoms with van der Waals surface area (Å²) in [5, 5.41) is 5.20. The van der Waals surface area contributed by atoms with Crippen LogP contribution in [0.15, 0.2) is 170 Å². The molecule has 0 spiro atoms. The van der Waals surface area contributed by atoms with Crippen molar-refractivity contribution in [2.45, 2.75) is 19.3 Å². The summed E-state index contributed by atoms with van der Waals surface area (Å²) in [5.41, 5.74) is 15.6. The lowest BCUT2D eigenvalue weighted by Crippen LogP contribution is -2.15. The van der Waals surface area contributed by atoms with Gasteiger partial charge in [0.25, 0.3) is 0 Å². The number of para-hydroxylation sites is 1. The Kier molecular flexibility index (Phi) is 6.25. The summed E-state index contributed by atoms with van der Waals surface area (Å²) in [6, 6.07) is 59.3. The standard InChI is InChI=1S/C48H34N2/c1-48(2)41-19-11-9-17-37(41)38-26-21-33-23-28-44-46(45(33)47(38)48)39-18-10-12-20-43(39)50(44)35-24-27-42(49-30-35)40-29-34(31-13-5-3-6-14-31)22-25-36(40)32-15-7-4-8-16-32/h3-30H,1-2H3. The fourth-order valence-electron chi connectivity index (χ4n) is 8.54. The van der Waals surface area contributed by atoms with Crippen LogP contribution in [0.5, 0.6) is 0 Å². The van der Waals surface area contributed by atoms with Crippen LogP contribution in [0.4, 0.5) is 0 Å². The van der Waals surface area contributed by atoms with Crippen molar-refractivity contribution in [2.24, 2.45) is 0 Å². The van der Waals surface area contributed by atoms with Crippen LogP contribution in [0.25, 0.3) is 82.9 Å². The lowest BCUT2D eigenvalue weighted by Gasteiger charge is -2.23. The van der Waals surface area contributed by atoms with Crippen LogP contribution in [0, 0.1) is 0 Å². The highest BCUT2D eigenvalue weighted by Gasteiger charge is 2.37. The van der Waals surface area contributed by atoms with E-state index in [1.165, 1.54) is 77.1 Å². The smallest absolute Gasteiger partial charge is 0.0710 e. The van der Waals surface area contributed by atoms with Gasteiger partial charge < -0.3 is 4.57 Å². The lowest BCUT2D eigenvalue weighted by atomic mass is 9.79. The second kappa shape index (κ2) is 10.9. The highest BCUT2D eigenvalue weighted by Crippen LogP contribution is 2.53. The minimum Gasteiger partial charge on any atom is -0.308 e. The number of hydrogen-bond donors (Lipinski definition) is 0. The van der Waals surface area contributed by atoms with Crippen molar-refractivity contribution in [1.29, 1.82) is 0 Å². The van der Waals surface area contributed by atoms with Crippen LogP contribution < -0.4 is 0 Å². The summed E-state index contributed by atoms with van der Waals surface area (Å²) in [6.07, 6.45) is 2.05. The van der Waals surface area contributed by atoms with Crippen LogP contribution in [-0.2, 0) is 5.41 Å². The van der Waals surface area contributed by atoms with Crippen molar-refractivity contribution in [3.8, 4) is 50.3 Å². The number of fused-ring (bicyclic) bond motifs is 9. The van der Waals surface area contributed by atoms with E-state index >= 15 is 0 Å². The number of benzene rings is 7. The number of hydrogen-bond acceptors (Lipinski definition) is 1. The summed E-state index contributed by atoms with van der Waals surface area (Å²) < 4.78 is 2.40. The van der Waals surface area contributed by atoms with Gasteiger partial charge in [-0.2, -0.15) is 0 Å². The van der Waals surface area contributed by atoms with Crippen LogP contribution in [0.3, 0.4) is 0 Å². The summed E-state index contributed by atoms with van der Waals surface area (Å²) in [7, 11) is 0. The van der Waals surface area contributed by atoms with Crippen molar-refractivity contribution < 1.29 is 0 Å². The Hall–Kier alpha value is -6.25. The molecule has 0 atom stereocenters. The predicted octanol–water partition coefficient (Wildman–Crippen LogP) is 12.6. The average molecular weight is 639 g/mol. The zero-order chi connectivity index (χ0) is 33.4. The van der Waals surface area contributed by atoms with E-state index in [-0.39, 0.29) is 5.41 Å². The van der Waals surface area contributed by atoms with Gasteiger partial charge in [0.15, 0.2) is 0 Å². The third-order valence-electron chi connectivity index (χ3n) is 10.8. The molecule has 0 N–H and O–H groups in total. The van der Waals surface area contributed by atoms with E-state index in [1.807, 2.05) is 6.20 Å². The molecule has 1 aliphatic rings. The van der Waals surface area contributed by atoms with E-state index in [1.54, 1.807) is 0 Å². The Morgan fingerprint density at radius 1 is 0.480 bits per heavy atom. The SMILES string of the molecule is CC1(C)c2ccccc2-c2ccc3ccc4c(c5ccccc5n4-c4ccc(-c5cc(-c6ccccc6)ccc5-c5ccccc5)nc4)c3c21. The van der Waals surface area contributed by atoms with Crippen LogP contribution in [-0.4, -0.2) is 9.55 Å². The fraction of sp³-hybridized carbons (Fsp3) is 0.0625. The molecule has 1 aliphatic carbocycles. The van der Waals surface area contributed by atoms with E-state index in [2.05, 4.69) is 182 Å². The molecule has 7 aromatic carbocycles. The van der Waals surface area contributed by atoms with Crippen molar-refractivity contribution >= 4 is 32.6 Å². The Labute approximate surface area is 291 Å². The Bertz CT molecular complexity index is 2750. The number of pyridine rings is 1. The maximum absolute atomic E-state index is 5.19. The van der Waals surface area contributed by atoms with Gasteiger partial charge in [0, 0.05) is 21.8 Å². The van der Waals surface area contributed by atoms with Crippen molar-refractivity contribution in [3.63, 3.8) is 0 Å². The molecule has 0 saturated heterocycles. The second-order valence-corrected chi connectivity index (χ2v) is 14.0. The molecular weight excluding hydrogens is 605 g/mol. The third kappa shape index (κ3) is 4.18. The monoisotopic (exact) mass is 638 g/mol. The zero-order valence-corrected chi connectivity index (χ0v) is 28.1. The molecule has 10 rings (SSSR count). The molecule has 2 aromatic heterocycles. The van der Waals surface area contributed by atoms with E-state index in [0.29, 0.717) is 0 Å². The van der Waals surface area contributed by atoms with E-state index in [9.17, 15) is 0 Å². The minimum atomic E-state index is -0.114. The van der Waals surface area contributed by atoms with Gasteiger partial charge in [0.05, 0.1) is 28.6 Å². The molecule has 0 fully saturated rings. The first kappa shape index (κ1) is 28.7. The largest absolute Gasteiger partial charge is 0.308 e. The molecule has 2 heteroatoms. The fourth-order valence-corrected chi connectivity index (χ4v) is 8.54. The van der Waals surface area contributed by atoms with Crippen LogP contribution in [0.2, 0.25) is 0 Å². The van der Waals surface area contributed by atoms with Gasteiger partial charge >= 0.3 is 0 Å². The van der Waals surface area contributed by atoms with Gasteiger partial charge in [-0.15, -0.1) is 0 Å². The molecule has 0 aliphatic heterocycles. The van der Waals surface area contributed by atoms with Gasteiger partial charge in [-0.25, -0.2) is 0 Å². The minimum absolute atomic E-state index is 0.114. The van der Waals surface area contributed by atoms with E-state index < -0.39 is 0 Å². The highest BCUT2D eigenvalue weighted by molar-refractivity contribution is 6.23. The number of rotatable bonds is 4. The molecular formula is C48H34N2. The van der Waals surface area contributed by atoms with Gasteiger partial charge in [0.2, 0.25) is 0 Å². The maximum atomic E-state index is 5.19. The Balaban J connectivity index is 1.18. The van der Waals surface area contributed by atoms with E-state index in [0.717, 1.165) is 16.9 Å². The molecule has 2 heterocycles. The molecule has 0 amide bonds. The zero-order valence-electron chi connectivity index (χ0n) is 28.1. The van der Waals surface area contributed by atoms with Crippen molar-refractivity contribution in [2.75, 3.05) is 0 Å². The number of nitrogens with zero attached hydrogens (tertiary/aromatic N) is 2. The molecule has 50 heavy (non-hydrogen) atoms. The van der Waals surface area contributed by atoms with Crippen LogP contribution >= 0.6 is 0 Å². The second-order valence-electron chi connectivity index (χ2n) is 14.0. The Morgan fingerprint density at radius 3 is 1.98 bits per heavy atom. The molecule has 236 valence electrons. The van der Waals surface area contributed by atoms with Gasteiger partial charge in [-0.1, -0.05) is 147 Å². The van der Waals surface area contributed by atoms with Gasteiger partial charge in [-0.3, -0.25) is 4.98 Å².